The Labute approximate surface area is 118 Å². The summed E-state index contributed by atoms with van der Waals surface area (Å²) in [6.45, 7) is 0. The van der Waals surface area contributed by atoms with Crippen LogP contribution < -0.4 is 11.2 Å². The highest BCUT2D eigenvalue weighted by Gasteiger charge is 2.46. The molecule has 1 aliphatic rings. The van der Waals surface area contributed by atoms with Crippen LogP contribution in [0.2, 0.25) is 0 Å². The number of aryl methyl sites for hydroxylation is 1. The number of benzene rings is 1. The molecule has 0 saturated heterocycles. The average molecular weight is 277 g/mol. The Morgan fingerprint density at radius 1 is 1.30 bits per heavy atom. The Bertz CT molecular complexity index is 469. The molecule has 5 N–H and O–H groups in total. The van der Waals surface area contributed by atoms with Crippen molar-refractivity contribution in [3.63, 3.8) is 0 Å². The maximum absolute atomic E-state index is 10.9. The van der Waals surface area contributed by atoms with Crippen LogP contribution in [0.15, 0.2) is 24.3 Å². The fourth-order valence-electron chi connectivity index (χ4n) is 2.80. The Morgan fingerprint density at radius 2 is 1.90 bits per heavy atom. The molecule has 0 heterocycles. The number of aliphatic carboxylic acids is 1. The number of carbonyl (C=O) groups is 1. The number of hydrogen-bond donors (Lipinski definition) is 4. The number of hydrogen-bond acceptors (Lipinski definition) is 4. The maximum Gasteiger partial charge on any atom is 0.488 e. The van der Waals surface area contributed by atoms with Crippen LogP contribution in [0.4, 0.5) is 0 Å². The summed E-state index contributed by atoms with van der Waals surface area (Å²) in [4.78, 5) is 10.9. The molecule has 2 rings (SSSR count). The molecule has 0 unspecified atom stereocenters. The van der Waals surface area contributed by atoms with E-state index in [0.717, 1.165) is 24.8 Å². The fraction of sp³-hybridized carbons (Fsp3) is 0.500. The van der Waals surface area contributed by atoms with E-state index in [1.165, 1.54) is 0 Å². The minimum atomic E-state index is -1.42. The first kappa shape index (κ1) is 15.0. The van der Waals surface area contributed by atoms with Crippen molar-refractivity contribution in [1.82, 2.24) is 0 Å². The van der Waals surface area contributed by atoms with Crippen LogP contribution in [-0.2, 0) is 11.2 Å². The van der Waals surface area contributed by atoms with E-state index in [4.69, 9.17) is 20.9 Å². The third-order valence-electron chi connectivity index (χ3n) is 4.09. The molecule has 0 bridgehead atoms. The summed E-state index contributed by atoms with van der Waals surface area (Å²) in [5.74, 6) is -0.485. The molecule has 20 heavy (non-hydrogen) atoms. The molecular formula is C14H20BNO4. The topological polar surface area (TPSA) is 104 Å². The zero-order chi connectivity index (χ0) is 14.8. The molecule has 1 aromatic rings. The smallest absolute Gasteiger partial charge is 0.480 e. The van der Waals surface area contributed by atoms with E-state index in [9.17, 15) is 4.79 Å². The van der Waals surface area contributed by atoms with Gasteiger partial charge in [-0.1, -0.05) is 24.3 Å². The van der Waals surface area contributed by atoms with E-state index in [1.54, 1.807) is 12.1 Å². The van der Waals surface area contributed by atoms with Gasteiger partial charge in [-0.2, -0.15) is 0 Å². The second-order valence-electron chi connectivity index (χ2n) is 5.74. The lowest BCUT2D eigenvalue weighted by Crippen LogP contribution is -2.57. The van der Waals surface area contributed by atoms with E-state index in [2.05, 4.69) is 0 Å². The molecule has 108 valence electrons. The molecule has 0 aromatic heterocycles. The number of carboxylic acids is 1. The van der Waals surface area contributed by atoms with Gasteiger partial charge in [-0.15, -0.1) is 0 Å². The SMILES string of the molecule is NC1(C(=O)O)CC(CCCc2ccc(B(O)O)cc2)C1. The summed E-state index contributed by atoms with van der Waals surface area (Å²) in [5, 5.41) is 26.9. The van der Waals surface area contributed by atoms with Crippen LogP contribution in [-0.4, -0.2) is 33.8 Å². The van der Waals surface area contributed by atoms with Gasteiger partial charge >= 0.3 is 13.1 Å². The van der Waals surface area contributed by atoms with Gasteiger partial charge in [-0.25, -0.2) is 0 Å². The minimum absolute atomic E-state index is 0.412. The molecule has 5 nitrogen and oxygen atoms in total. The quantitative estimate of drug-likeness (QED) is 0.543. The van der Waals surface area contributed by atoms with Gasteiger partial charge in [0, 0.05) is 0 Å². The van der Waals surface area contributed by atoms with Crippen molar-refractivity contribution in [3.8, 4) is 0 Å². The lowest BCUT2D eigenvalue weighted by molar-refractivity contribution is -0.149. The second kappa shape index (κ2) is 5.95. The van der Waals surface area contributed by atoms with Crippen molar-refractivity contribution >= 4 is 18.6 Å². The highest BCUT2D eigenvalue weighted by Crippen LogP contribution is 2.39. The van der Waals surface area contributed by atoms with Crippen molar-refractivity contribution < 1.29 is 19.9 Å². The monoisotopic (exact) mass is 277 g/mol. The number of nitrogens with two attached hydrogens (primary N) is 1. The van der Waals surface area contributed by atoms with Gasteiger partial charge in [0.05, 0.1) is 0 Å². The van der Waals surface area contributed by atoms with E-state index in [-0.39, 0.29) is 0 Å². The normalized spacial score (nSPS) is 25.1. The second-order valence-corrected chi connectivity index (χ2v) is 5.74. The van der Waals surface area contributed by atoms with Gasteiger partial charge in [-0.05, 0) is 49.0 Å². The largest absolute Gasteiger partial charge is 0.488 e. The zero-order valence-corrected chi connectivity index (χ0v) is 11.3. The van der Waals surface area contributed by atoms with Crippen LogP contribution in [0.5, 0.6) is 0 Å². The lowest BCUT2D eigenvalue weighted by atomic mass is 9.67. The molecular weight excluding hydrogens is 257 g/mol. The third-order valence-corrected chi connectivity index (χ3v) is 4.09. The molecule has 1 saturated carbocycles. The van der Waals surface area contributed by atoms with Crippen molar-refractivity contribution in [2.45, 2.75) is 37.6 Å². The summed E-state index contributed by atoms with van der Waals surface area (Å²) in [6, 6.07) is 7.19. The minimum Gasteiger partial charge on any atom is -0.480 e. The first-order chi connectivity index (χ1) is 9.40. The first-order valence-electron chi connectivity index (χ1n) is 6.88. The fourth-order valence-corrected chi connectivity index (χ4v) is 2.80. The Morgan fingerprint density at radius 3 is 2.40 bits per heavy atom. The zero-order valence-electron chi connectivity index (χ0n) is 11.3. The standard InChI is InChI=1S/C14H20BNO4/c16-14(13(17)18)8-11(9-14)3-1-2-10-4-6-12(7-5-10)15(19)20/h4-7,11,19-20H,1-3,8-9,16H2,(H,17,18). The lowest BCUT2D eigenvalue weighted by Gasteiger charge is -2.41. The molecule has 0 spiro atoms. The van der Waals surface area contributed by atoms with Crippen molar-refractivity contribution in [1.29, 1.82) is 0 Å². The highest BCUT2D eigenvalue weighted by molar-refractivity contribution is 6.58. The molecule has 0 atom stereocenters. The maximum atomic E-state index is 10.9. The van der Waals surface area contributed by atoms with E-state index in [0.29, 0.717) is 24.2 Å². The van der Waals surface area contributed by atoms with Crippen LogP contribution in [0.1, 0.15) is 31.2 Å². The van der Waals surface area contributed by atoms with Crippen LogP contribution >= 0.6 is 0 Å². The molecule has 1 aliphatic carbocycles. The average Bonchev–Trinajstić information content (AvgIpc) is 2.36. The third kappa shape index (κ3) is 3.39. The van der Waals surface area contributed by atoms with E-state index >= 15 is 0 Å². The van der Waals surface area contributed by atoms with Crippen molar-refractivity contribution in [3.05, 3.63) is 29.8 Å². The molecule has 0 amide bonds. The number of carboxylic acid groups (broad SMARTS) is 1. The van der Waals surface area contributed by atoms with E-state index in [1.807, 2.05) is 12.1 Å². The highest BCUT2D eigenvalue weighted by atomic mass is 16.4. The summed E-state index contributed by atoms with van der Waals surface area (Å²) >= 11 is 0. The first-order valence-corrected chi connectivity index (χ1v) is 6.88. The van der Waals surface area contributed by atoms with E-state index < -0.39 is 18.6 Å². The van der Waals surface area contributed by atoms with Gasteiger partial charge in [0.25, 0.3) is 0 Å². The van der Waals surface area contributed by atoms with Gasteiger partial charge in [0.15, 0.2) is 0 Å². The van der Waals surface area contributed by atoms with Crippen LogP contribution in [0.3, 0.4) is 0 Å². The van der Waals surface area contributed by atoms with Crippen molar-refractivity contribution in [2.24, 2.45) is 11.7 Å². The Balaban J connectivity index is 1.71. The molecule has 0 aliphatic heterocycles. The van der Waals surface area contributed by atoms with Crippen molar-refractivity contribution in [2.75, 3.05) is 0 Å². The predicted octanol–water partition coefficient (Wildman–Crippen LogP) is -0.119. The Hall–Kier alpha value is -1.37. The van der Waals surface area contributed by atoms with Gasteiger partial charge in [-0.3, -0.25) is 4.79 Å². The van der Waals surface area contributed by atoms with Crippen LogP contribution in [0.25, 0.3) is 0 Å². The molecule has 0 radical (unpaired) electrons. The van der Waals surface area contributed by atoms with Gasteiger partial charge < -0.3 is 20.9 Å². The molecule has 6 heteroatoms. The molecule has 1 fully saturated rings. The summed E-state index contributed by atoms with van der Waals surface area (Å²) in [5.41, 5.74) is 6.35. The summed E-state index contributed by atoms with van der Waals surface area (Å²) in [6.07, 6.45) is 4.01. The summed E-state index contributed by atoms with van der Waals surface area (Å²) < 4.78 is 0. The van der Waals surface area contributed by atoms with Gasteiger partial charge in [0.2, 0.25) is 0 Å². The van der Waals surface area contributed by atoms with Crippen LogP contribution in [0, 0.1) is 5.92 Å². The predicted molar refractivity (Wildman–Crippen MR) is 76.5 cm³/mol. The molecule has 1 aromatic carbocycles. The number of rotatable bonds is 6. The summed E-state index contributed by atoms with van der Waals surface area (Å²) in [7, 11) is -1.42. The Kier molecular flexibility index (Phi) is 4.47. The van der Waals surface area contributed by atoms with Gasteiger partial charge in [0.1, 0.15) is 5.54 Å².